The van der Waals surface area contributed by atoms with Crippen LogP contribution in [0.25, 0.3) is 0 Å². The van der Waals surface area contributed by atoms with E-state index >= 15 is 0 Å². The van der Waals surface area contributed by atoms with Crippen molar-refractivity contribution in [3.8, 4) is 17.2 Å². The Hall–Kier alpha value is -1.71. The molecule has 1 aliphatic heterocycles. The maximum Gasteiger partial charge on any atom is 0.174 e. The number of hydrogen-bond acceptors (Lipinski definition) is 4. The lowest BCUT2D eigenvalue weighted by Crippen LogP contribution is -2.39. The number of carbonyl (C=O) groups is 1. The summed E-state index contributed by atoms with van der Waals surface area (Å²) in [6, 6.07) is 2.58. The molecule has 0 unspecified atom stereocenters. The molecule has 1 aliphatic carbocycles. The third-order valence-electron chi connectivity index (χ3n) is 3.67. The Morgan fingerprint density at radius 3 is 2.59 bits per heavy atom. The zero-order valence-corrected chi connectivity index (χ0v) is 9.40. The van der Waals surface area contributed by atoms with Crippen molar-refractivity contribution < 1.29 is 19.7 Å². The molecule has 1 aromatic rings. The van der Waals surface area contributed by atoms with Crippen molar-refractivity contribution in [3.05, 3.63) is 17.7 Å². The van der Waals surface area contributed by atoms with Crippen LogP contribution in [0.3, 0.4) is 0 Å². The SMILES string of the molecule is O=C1CC2(CCCC2)Oc2cc(O)cc(O)c21. The van der Waals surface area contributed by atoms with Crippen molar-refractivity contribution >= 4 is 5.78 Å². The summed E-state index contributed by atoms with van der Waals surface area (Å²) in [7, 11) is 0. The molecule has 4 nitrogen and oxygen atoms in total. The molecule has 0 bridgehead atoms. The van der Waals surface area contributed by atoms with Gasteiger partial charge in [0, 0.05) is 12.1 Å². The van der Waals surface area contributed by atoms with Gasteiger partial charge >= 0.3 is 0 Å². The van der Waals surface area contributed by atoms with Gasteiger partial charge in [0.2, 0.25) is 0 Å². The number of rotatable bonds is 0. The van der Waals surface area contributed by atoms with Gasteiger partial charge in [-0.1, -0.05) is 0 Å². The van der Waals surface area contributed by atoms with Gasteiger partial charge < -0.3 is 14.9 Å². The fourth-order valence-corrected chi connectivity index (χ4v) is 2.90. The quantitative estimate of drug-likeness (QED) is 0.723. The van der Waals surface area contributed by atoms with E-state index in [1.807, 2.05) is 0 Å². The summed E-state index contributed by atoms with van der Waals surface area (Å²) < 4.78 is 5.87. The summed E-state index contributed by atoms with van der Waals surface area (Å²) in [4.78, 5) is 12.1. The highest BCUT2D eigenvalue weighted by molar-refractivity contribution is 6.03. The minimum absolute atomic E-state index is 0.0795. The predicted molar refractivity (Wildman–Crippen MR) is 60.5 cm³/mol. The number of benzene rings is 1. The van der Waals surface area contributed by atoms with Gasteiger partial charge in [0.15, 0.2) is 5.78 Å². The zero-order valence-electron chi connectivity index (χ0n) is 9.40. The molecule has 0 atom stereocenters. The van der Waals surface area contributed by atoms with E-state index in [1.165, 1.54) is 12.1 Å². The summed E-state index contributed by atoms with van der Waals surface area (Å²) >= 11 is 0. The van der Waals surface area contributed by atoms with Crippen molar-refractivity contribution in [2.45, 2.75) is 37.7 Å². The van der Waals surface area contributed by atoms with Gasteiger partial charge in [-0.3, -0.25) is 4.79 Å². The van der Waals surface area contributed by atoms with Crippen LogP contribution in [0.4, 0.5) is 0 Å². The molecular weight excluding hydrogens is 220 g/mol. The molecule has 1 aromatic carbocycles. The topological polar surface area (TPSA) is 66.8 Å². The van der Waals surface area contributed by atoms with E-state index in [2.05, 4.69) is 0 Å². The number of phenols is 2. The Labute approximate surface area is 98.8 Å². The molecule has 2 N–H and O–H groups in total. The van der Waals surface area contributed by atoms with Crippen LogP contribution in [0.15, 0.2) is 12.1 Å². The maximum atomic E-state index is 12.1. The van der Waals surface area contributed by atoms with Crippen LogP contribution in [0, 0.1) is 0 Å². The fraction of sp³-hybridized carbons (Fsp3) is 0.462. The van der Waals surface area contributed by atoms with Crippen LogP contribution in [-0.4, -0.2) is 21.6 Å². The normalized spacial score (nSPS) is 21.3. The number of phenolic OH excluding ortho intramolecular Hbond substituents is 2. The molecule has 2 aliphatic rings. The first-order chi connectivity index (χ1) is 8.10. The summed E-state index contributed by atoms with van der Waals surface area (Å²) in [6.07, 6.45) is 4.20. The molecular formula is C13H14O4. The van der Waals surface area contributed by atoms with Crippen molar-refractivity contribution in [1.82, 2.24) is 0 Å². The summed E-state index contributed by atoms with van der Waals surface area (Å²) in [5.74, 6) is -0.0479. The van der Waals surface area contributed by atoms with E-state index in [1.54, 1.807) is 0 Å². The Bertz CT molecular complexity index is 486. The molecule has 0 radical (unpaired) electrons. The molecule has 3 rings (SSSR count). The molecule has 0 aromatic heterocycles. The Morgan fingerprint density at radius 2 is 1.88 bits per heavy atom. The van der Waals surface area contributed by atoms with E-state index < -0.39 is 5.60 Å². The van der Waals surface area contributed by atoms with Gasteiger partial charge in [-0.05, 0) is 25.7 Å². The van der Waals surface area contributed by atoms with Gasteiger partial charge in [-0.25, -0.2) is 0 Å². The van der Waals surface area contributed by atoms with Crippen LogP contribution in [-0.2, 0) is 0 Å². The minimum atomic E-state index is -0.398. The minimum Gasteiger partial charge on any atom is -0.508 e. The van der Waals surface area contributed by atoms with Crippen molar-refractivity contribution in [1.29, 1.82) is 0 Å². The van der Waals surface area contributed by atoms with Crippen LogP contribution < -0.4 is 4.74 Å². The first-order valence-corrected chi connectivity index (χ1v) is 5.88. The largest absolute Gasteiger partial charge is 0.508 e. The smallest absolute Gasteiger partial charge is 0.174 e. The van der Waals surface area contributed by atoms with E-state index in [-0.39, 0.29) is 22.8 Å². The van der Waals surface area contributed by atoms with E-state index in [9.17, 15) is 15.0 Å². The second-order valence-corrected chi connectivity index (χ2v) is 4.93. The maximum absolute atomic E-state index is 12.1. The van der Waals surface area contributed by atoms with Crippen LogP contribution in [0.1, 0.15) is 42.5 Å². The molecule has 0 saturated heterocycles. The Balaban J connectivity index is 2.09. The molecule has 1 saturated carbocycles. The van der Waals surface area contributed by atoms with Crippen LogP contribution in [0.5, 0.6) is 17.2 Å². The lowest BCUT2D eigenvalue weighted by atomic mass is 9.88. The fourth-order valence-electron chi connectivity index (χ4n) is 2.90. The first kappa shape index (κ1) is 10.4. The number of Topliss-reactive ketones (excluding diaryl/α,β-unsaturated/α-hetero) is 1. The van der Waals surface area contributed by atoms with Crippen molar-refractivity contribution in [2.24, 2.45) is 0 Å². The number of hydrogen-bond donors (Lipinski definition) is 2. The average Bonchev–Trinajstić information content (AvgIpc) is 2.63. The van der Waals surface area contributed by atoms with Gasteiger partial charge in [0.25, 0.3) is 0 Å². The van der Waals surface area contributed by atoms with Crippen LogP contribution >= 0.6 is 0 Å². The monoisotopic (exact) mass is 234 g/mol. The standard InChI is InChI=1S/C13H14O4/c14-8-5-9(15)12-10(16)7-13(3-1-2-4-13)17-11(12)6-8/h5-6,14-15H,1-4,7H2. The summed E-state index contributed by atoms with van der Waals surface area (Å²) in [6.45, 7) is 0. The van der Waals surface area contributed by atoms with E-state index in [0.717, 1.165) is 25.7 Å². The van der Waals surface area contributed by atoms with E-state index in [4.69, 9.17) is 4.74 Å². The molecule has 1 fully saturated rings. The number of aromatic hydroxyl groups is 2. The van der Waals surface area contributed by atoms with Gasteiger partial charge in [0.05, 0.1) is 6.42 Å². The van der Waals surface area contributed by atoms with Gasteiger partial charge in [-0.15, -0.1) is 0 Å². The Morgan fingerprint density at radius 1 is 1.18 bits per heavy atom. The predicted octanol–water partition coefficient (Wildman–Crippen LogP) is 2.38. The van der Waals surface area contributed by atoms with Gasteiger partial charge in [0.1, 0.15) is 28.4 Å². The molecule has 1 spiro atoms. The number of ether oxygens (including phenoxy) is 1. The summed E-state index contributed by atoms with van der Waals surface area (Å²) in [5.41, 5.74) is -0.190. The third-order valence-corrected chi connectivity index (χ3v) is 3.67. The Kier molecular flexibility index (Phi) is 2.08. The molecule has 17 heavy (non-hydrogen) atoms. The molecule has 90 valence electrons. The molecule has 0 amide bonds. The second kappa shape index (κ2) is 3.39. The van der Waals surface area contributed by atoms with Crippen molar-refractivity contribution in [3.63, 3.8) is 0 Å². The highest BCUT2D eigenvalue weighted by Crippen LogP contribution is 2.46. The summed E-state index contributed by atoms with van der Waals surface area (Å²) in [5, 5.41) is 19.1. The lowest BCUT2D eigenvalue weighted by Gasteiger charge is -2.34. The highest BCUT2D eigenvalue weighted by atomic mass is 16.5. The van der Waals surface area contributed by atoms with Crippen molar-refractivity contribution in [2.75, 3.05) is 0 Å². The number of ketones is 1. The second-order valence-electron chi connectivity index (χ2n) is 4.93. The zero-order chi connectivity index (χ0) is 12.0. The highest BCUT2D eigenvalue weighted by Gasteiger charge is 2.43. The number of carbonyl (C=O) groups excluding carboxylic acids is 1. The van der Waals surface area contributed by atoms with Crippen LogP contribution in [0.2, 0.25) is 0 Å². The van der Waals surface area contributed by atoms with E-state index in [0.29, 0.717) is 12.2 Å². The van der Waals surface area contributed by atoms with Gasteiger partial charge in [-0.2, -0.15) is 0 Å². The molecule has 1 heterocycles. The third kappa shape index (κ3) is 1.55. The first-order valence-electron chi connectivity index (χ1n) is 5.88. The average molecular weight is 234 g/mol. The molecule has 4 heteroatoms. The lowest BCUT2D eigenvalue weighted by molar-refractivity contribution is 0.0444. The number of fused-ring (bicyclic) bond motifs is 1.